The molecule has 0 spiro atoms. The largest absolute Gasteiger partial charge is 0.442 e. The highest BCUT2D eigenvalue weighted by Gasteiger charge is 2.14. The van der Waals surface area contributed by atoms with E-state index in [9.17, 15) is 0 Å². The number of nitrogen functional groups attached to an aromatic ring is 1. The highest BCUT2D eigenvalue weighted by Crippen LogP contribution is 2.30. The zero-order valence-electron chi connectivity index (χ0n) is 11.5. The number of benzene rings is 1. The normalized spacial score (nSPS) is 10.9. The average Bonchev–Trinajstić information content (AvgIpc) is 3.09. The van der Waals surface area contributed by atoms with Crippen molar-refractivity contribution in [3.8, 4) is 22.7 Å². The number of aromatic nitrogens is 4. The van der Waals surface area contributed by atoms with Crippen LogP contribution >= 0.6 is 0 Å². The number of hydrogen-bond donors (Lipinski definition) is 1. The van der Waals surface area contributed by atoms with Crippen LogP contribution in [0, 0.1) is 0 Å². The molecule has 22 heavy (non-hydrogen) atoms. The molecule has 0 fully saturated rings. The summed E-state index contributed by atoms with van der Waals surface area (Å²) in [6.07, 6.45) is 6.25. The molecule has 0 saturated carbocycles. The van der Waals surface area contributed by atoms with E-state index >= 15 is 0 Å². The molecule has 0 aliphatic heterocycles. The minimum absolute atomic E-state index is 0.331. The molecular weight excluding hydrogens is 278 g/mol. The molecule has 0 saturated heterocycles. The molecule has 1 aromatic carbocycles. The van der Waals surface area contributed by atoms with E-state index in [1.807, 2.05) is 30.3 Å². The summed E-state index contributed by atoms with van der Waals surface area (Å²) in [6, 6.07) is 9.83. The number of fused-ring (bicyclic) bond motifs is 1. The van der Waals surface area contributed by atoms with Crippen molar-refractivity contribution in [1.82, 2.24) is 19.9 Å². The Morgan fingerprint density at radius 2 is 1.95 bits per heavy atom. The molecule has 0 atom stereocenters. The van der Waals surface area contributed by atoms with Crippen LogP contribution in [-0.2, 0) is 0 Å². The number of oxazole rings is 1. The van der Waals surface area contributed by atoms with Gasteiger partial charge in [0.25, 0.3) is 0 Å². The van der Waals surface area contributed by atoms with Crippen molar-refractivity contribution in [2.45, 2.75) is 0 Å². The molecule has 0 bridgehead atoms. The van der Waals surface area contributed by atoms with E-state index in [-0.39, 0.29) is 0 Å². The topological polar surface area (TPSA) is 90.7 Å². The van der Waals surface area contributed by atoms with Crippen LogP contribution in [0.2, 0.25) is 0 Å². The molecular formula is C16H11N5O. The summed E-state index contributed by atoms with van der Waals surface area (Å²) >= 11 is 0. The van der Waals surface area contributed by atoms with Gasteiger partial charge in [-0.1, -0.05) is 12.1 Å². The Morgan fingerprint density at radius 1 is 1.00 bits per heavy atom. The van der Waals surface area contributed by atoms with Crippen LogP contribution in [0.3, 0.4) is 0 Å². The lowest BCUT2D eigenvalue weighted by molar-refractivity contribution is 0.570. The molecule has 0 aliphatic carbocycles. The fourth-order valence-corrected chi connectivity index (χ4v) is 2.34. The maximum absolute atomic E-state index is 5.76. The van der Waals surface area contributed by atoms with Crippen LogP contribution in [0.4, 0.5) is 5.82 Å². The molecule has 0 unspecified atom stereocenters. The number of anilines is 1. The number of hydrogen-bond acceptors (Lipinski definition) is 6. The monoisotopic (exact) mass is 289 g/mol. The van der Waals surface area contributed by atoms with Gasteiger partial charge in [0.05, 0.1) is 23.6 Å². The van der Waals surface area contributed by atoms with E-state index in [1.165, 1.54) is 12.6 Å². The van der Waals surface area contributed by atoms with Crippen LogP contribution in [-0.4, -0.2) is 19.9 Å². The number of rotatable bonds is 2. The van der Waals surface area contributed by atoms with Crippen LogP contribution in [0.25, 0.3) is 33.6 Å². The lowest BCUT2D eigenvalue weighted by atomic mass is 10.1. The summed E-state index contributed by atoms with van der Waals surface area (Å²) in [4.78, 5) is 17.0. The SMILES string of the molecule is Nc1cnc(-c2ccc3ncccc3c2)c(-c2cnco2)n1. The lowest BCUT2D eigenvalue weighted by Crippen LogP contribution is -1.97. The molecule has 0 aliphatic rings. The number of pyridine rings is 1. The first kappa shape index (κ1) is 12.5. The second-order valence-electron chi connectivity index (χ2n) is 4.77. The summed E-state index contributed by atoms with van der Waals surface area (Å²) in [7, 11) is 0. The smallest absolute Gasteiger partial charge is 0.181 e. The van der Waals surface area contributed by atoms with Crippen molar-refractivity contribution in [1.29, 1.82) is 0 Å². The fraction of sp³-hybridized carbons (Fsp3) is 0. The van der Waals surface area contributed by atoms with E-state index < -0.39 is 0 Å². The van der Waals surface area contributed by atoms with Gasteiger partial charge in [-0.05, 0) is 18.2 Å². The van der Waals surface area contributed by atoms with Crippen molar-refractivity contribution in [3.05, 3.63) is 55.3 Å². The van der Waals surface area contributed by atoms with E-state index in [0.29, 0.717) is 23.0 Å². The quantitative estimate of drug-likeness (QED) is 0.610. The van der Waals surface area contributed by atoms with Crippen LogP contribution in [0.1, 0.15) is 0 Å². The second kappa shape index (κ2) is 4.92. The number of nitrogens with two attached hydrogens (primary N) is 1. The van der Waals surface area contributed by atoms with Crippen molar-refractivity contribution in [2.75, 3.05) is 5.73 Å². The predicted octanol–water partition coefficient (Wildman–Crippen LogP) is 2.93. The summed E-state index contributed by atoms with van der Waals surface area (Å²) < 4.78 is 5.34. The highest BCUT2D eigenvalue weighted by molar-refractivity contribution is 5.86. The average molecular weight is 289 g/mol. The van der Waals surface area contributed by atoms with Gasteiger partial charge in [0.1, 0.15) is 11.5 Å². The van der Waals surface area contributed by atoms with Crippen molar-refractivity contribution >= 4 is 16.7 Å². The maximum Gasteiger partial charge on any atom is 0.181 e. The first-order valence-electron chi connectivity index (χ1n) is 6.68. The van der Waals surface area contributed by atoms with Crippen molar-refractivity contribution in [3.63, 3.8) is 0 Å². The Kier molecular flexibility index (Phi) is 2.79. The van der Waals surface area contributed by atoms with Crippen LogP contribution in [0.15, 0.2) is 59.7 Å². The summed E-state index contributed by atoms with van der Waals surface area (Å²) in [6.45, 7) is 0. The molecule has 3 heterocycles. The molecule has 0 radical (unpaired) electrons. The lowest BCUT2D eigenvalue weighted by Gasteiger charge is -2.07. The van der Waals surface area contributed by atoms with Crippen molar-refractivity contribution in [2.24, 2.45) is 0 Å². The third kappa shape index (κ3) is 2.07. The van der Waals surface area contributed by atoms with E-state index in [4.69, 9.17) is 10.2 Å². The standard InChI is InChI=1S/C16H11N5O/c17-14-8-20-15(16(21-14)13-7-18-9-22-13)11-3-4-12-10(6-11)2-1-5-19-12/h1-9H,(H2,17,21). The van der Waals surface area contributed by atoms with Gasteiger partial charge < -0.3 is 10.2 Å². The Hall–Kier alpha value is -3.28. The molecule has 4 aromatic rings. The maximum atomic E-state index is 5.76. The van der Waals surface area contributed by atoms with Gasteiger partial charge in [-0.15, -0.1) is 0 Å². The van der Waals surface area contributed by atoms with E-state index in [2.05, 4.69) is 19.9 Å². The fourth-order valence-electron chi connectivity index (χ4n) is 2.34. The highest BCUT2D eigenvalue weighted by atomic mass is 16.3. The Labute approximate surface area is 125 Å². The van der Waals surface area contributed by atoms with Gasteiger partial charge in [-0.2, -0.15) is 0 Å². The van der Waals surface area contributed by atoms with Gasteiger partial charge in [-0.25, -0.2) is 15.0 Å². The molecule has 106 valence electrons. The summed E-state index contributed by atoms with van der Waals surface area (Å²) in [5.74, 6) is 0.860. The first-order chi connectivity index (χ1) is 10.8. The third-order valence-electron chi connectivity index (χ3n) is 3.33. The van der Waals surface area contributed by atoms with Crippen molar-refractivity contribution < 1.29 is 4.42 Å². The predicted molar refractivity (Wildman–Crippen MR) is 82.7 cm³/mol. The Bertz CT molecular complexity index is 950. The summed E-state index contributed by atoms with van der Waals surface area (Å²) in [5, 5.41) is 1.03. The van der Waals surface area contributed by atoms with Gasteiger partial charge in [-0.3, -0.25) is 4.98 Å². The van der Waals surface area contributed by atoms with Gasteiger partial charge in [0.2, 0.25) is 0 Å². The van der Waals surface area contributed by atoms with Crippen LogP contribution in [0.5, 0.6) is 0 Å². The first-order valence-corrected chi connectivity index (χ1v) is 6.68. The van der Waals surface area contributed by atoms with E-state index in [1.54, 1.807) is 12.4 Å². The van der Waals surface area contributed by atoms with Gasteiger partial charge in [0, 0.05) is 17.1 Å². The summed E-state index contributed by atoms with van der Waals surface area (Å²) in [5.41, 5.74) is 8.86. The van der Waals surface area contributed by atoms with Gasteiger partial charge in [0.15, 0.2) is 12.2 Å². The zero-order chi connectivity index (χ0) is 14.9. The number of nitrogens with zero attached hydrogens (tertiary/aromatic N) is 4. The van der Waals surface area contributed by atoms with Gasteiger partial charge >= 0.3 is 0 Å². The molecule has 0 amide bonds. The minimum Gasteiger partial charge on any atom is -0.442 e. The molecule has 4 rings (SSSR count). The third-order valence-corrected chi connectivity index (χ3v) is 3.33. The Balaban J connectivity index is 1.94. The second-order valence-corrected chi connectivity index (χ2v) is 4.77. The minimum atomic E-state index is 0.331. The Morgan fingerprint density at radius 3 is 2.82 bits per heavy atom. The molecule has 3 aromatic heterocycles. The molecule has 2 N–H and O–H groups in total. The van der Waals surface area contributed by atoms with E-state index in [0.717, 1.165) is 16.5 Å². The molecule has 6 heteroatoms. The zero-order valence-corrected chi connectivity index (χ0v) is 11.5. The molecule has 6 nitrogen and oxygen atoms in total. The van der Waals surface area contributed by atoms with Crippen LogP contribution < -0.4 is 5.73 Å².